The average Bonchev–Trinajstić information content (AvgIpc) is 2.67. The van der Waals surface area contributed by atoms with Crippen molar-refractivity contribution in [3.05, 3.63) is 103 Å². The van der Waals surface area contributed by atoms with E-state index in [1.165, 1.54) is 10.8 Å². The van der Waals surface area contributed by atoms with Gasteiger partial charge in [-0.25, -0.2) is 0 Å². The molecule has 0 aliphatic carbocycles. The van der Waals surface area contributed by atoms with Crippen molar-refractivity contribution in [3.8, 4) is 0 Å². The average molecular weight is 310 g/mol. The number of para-hydroxylation sites is 2. The van der Waals surface area contributed by atoms with Gasteiger partial charge in [0, 0.05) is 0 Å². The van der Waals surface area contributed by atoms with E-state index in [2.05, 4.69) is 77.2 Å². The van der Waals surface area contributed by atoms with Gasteiger partial charge in [-0.1, -0.05) is 66.7 Å². The zero-order chi connectivity index (χ0) is 16.2. The highest BCUT2D eigenvalue weighted by molar-refractivity contribution is 5.86. The van der Waals surface area contributed by atoms with Gasteiger partial charge < -0.3 is 0 Å². The van der Waals surface area contributed by atoms with Crippen molar-refractivity contribution >= 4 is 27.8 Å². The molecular formula is C22H18N2. The van der Waals surface area contributed by atoms with Crippen LogP contribution in [-0.4, -0.2) is 0 Å². The highest BCUT2D eigenvalue weighted by Gasteiger charge is 2.09. The Morgan fingerprint density at radius 2 is 1.04 bits per heavy atom. The maximum atomic E-state index is 3.54. The Kier molecular flexibility index (Phi) is 3.86. The van der Waals surface area contributed by atoms with Crippen LogP contribution in [0.1, 0.15) is 0 Å². The first-order valence-electron chi connectivity index (χ1n) is 8.06. The summed E-state index contributed by atoms with van der Waals surface area (Å²) in [5.74, 6) is 0. The summed E-state index contributed by atoms with van der Waals surface area (Å²) in [6, 6.07) is 35.5. The van der Waals surface area contributed by atoms with Gasteiger partial charge in [0.15, 0.2) is 0 Å². The summed E-state index contributed by atoms with van der Waals surface area (Å²) in [5.41, 5.74) is 6.78. The van der Waals surface area contributed by atoms with Gasteiger partial charge in [0.2, 0.25) is 0 Å². The molecule has 2 nitrogen and oxygen atoms in total. The monoisotopic (exact) mass is 310 g/mol. The molecule has 4 aromatic carbocycles. The third-order valence-corrected chi connectivity index (χ3v) is 4.02. The van der Waals surface area contributed by atoms with Crippen LogP contribution in [0.5, 0.6) is 0 Å². The Morgan fingerprint density at radius 3 is 1.67 bits per heavy atom. The Hall–Kier alpha value is -3.26. The van der Waals surface area contributed by atoms with E-state index in [4.69, 9.17) is 0 Å². The normalized spacial score (nSPS) is 10.5. The molecule has 0 unspecified atom stereocenters. The number of benzene rings is 4. The lowest BCUT2D eigenvalue weighted by molar-refractivity contribution is 1.16. The van der Waals surface area contributed by atoms with Crippen molar-refractivity contribution in [3.63, 3.8) is 0 Å². The summed E-state index contributed by atoms with van der Waals surface area (Å²) >= 11 is 0. The number of nitrogens with one attached hydrogen (secondary N) is 1. The quantitative estimate of drug-likeness (QED) is 0.465. The second-order valence-electron chi connectivity index (χ2n) is 5.68. The topological polar surface area (TPSA) is 15.3 Å². The van der Waals surface area contributed by atoms with Gasteiger partial charge >= 0.3 is 0 Å². The summed E-state index contributed by atoms with van der Waals surface area (Å²) in [7, 11) is 0. The van der Waals surface area contributed by atoms with E-state index >= 15 is 0 Å². The second kappa shape index (κ2) is 6.47. The fourth-order valence-corrected chi connectivity index (χ4v) is 2.82. The molecule has 2 heteroatoms. The van der Waals surface area contributed by atoms with Crippen LogP contribution in [0.3, 0.4) is 0 Å². The van der Waals surface area contributed by atoms with E-state index in [0.29, 0.717) is 0 Å². The fraction of sp³-hybridized carbons (Fsp3) is 0. The first-order chi connectivity index (χ1) is 11.9. The van der Waals surface area contributed by atoms with Crippen LogP contribution in [-0.2, 0) is 0 Å². The number of fused-ring (bicyclic) bond motifs is 1. The van der Waals surface area contributed by atoms with E-state index in [9.17, 15) is 0 Å². The maximum absolute atomic E-state index is 3.54. The Labute approximate surface area is 142 Å². The number of hydrogen-bond acceptors (Lipinski definition) is 2. The molecule has 0 aromatic heterocycles. The molecule has 116 valence electrons. The molecule has 1 N–H and O–H groups in total. The molecule has 0 fully saturated rings. The van der Waals surface area contributed by atoms with Crippen LogP contribution in [0.2, 0.25) is 0 Å². The van der Waals surface area contributed by atoms with E-state index in [1.807, 2.05) is 36.4 Å². The van der Waals surface area contributed by atoms with Crippen molar-refractivity contribution < 1.29 is 0 Å². The smallest absolute Gasteiger partial charge is 0.0630 e. The Balaban J connectivity index is 1.73. The molecule has 0 spiro atoms. The predicted octanol–water partition coefficient (Wildman–Crippen LogP) is 6.01. The molecule has 4 rings (SSSR count). The number of hydrogen-bond donors (Lipinski definition) is 1. The summed E-state index contributed by atoms with van der Waals surface area (Å²) in [6.07, 6.45) is 0. The largest absolute Gasteiger partial charge is 0.294 e. The van der Waals surface area contributed by atoms with Crippen LogP contribution in [0, 0.1) is 0 Å². The SMILES string of the molecule is c1ccc(N(Nc2ccc3ccccc3c2)c2ccccc2)cc1. The predicted molar refractivity (Wildman–Crippen MR) is 103 cm³/mol. The number of hydrazine groups is 1. The van der Waals surface area contributed by atoms with Gasteiger partial charge in [0.05, 0.1) is 17.1 Å². The number of nitrogens with zero attached hydrogens (tertiary/aromatic N) is 1. The van der Waals surface area contributed by atoms with Crippen LogP contribution >= 0.6 is 0 Å². The van der Waals surface area contributed by atoms with E-state index in [1.54, 1.807) is 0 Å². The van der Waals surface area contributed by atoms with E-state index in [0.717, 1.165) is 17.1 Å². The molecule has 0 radical (unpaired) electrons. The first kappa shape index (κ1) is 14.3. The van der Waals surface area contributed by atoms with Crippen LogP contribution in [0.25, 0.3) is 10.8 Å². The zero-order valence-electron chi connectivity index (χ0n) is 13.3. The minimum Gasteiger partial charge on any atom is -0.294 e. The molecule has 0 heterocycles. The van der Waals surface area contributed by atoms with Crippen molar-refractivity contribution in [2.24, 2.45) is 0 Å². The maximum Gasteiger partial charge on any atom is 0.0630 e. The highest BCUT2D eigenvalue weighted by atomic mass is 15.5. The molecule has 0 saturated heterocycles. The second-order valence-corrected chi connectivity index (χ2v) is 5.68. The van der Waals surface area contributed by atoms with E-state index < -0.39 is 0 Å². The fourth-order valence-electron chi connectivity index (χ4n) is 2.82. The summed E-state index contributed by atoms with van der Waals surface area (Å²) in [6.45, 7) is 0. The van der Waals surface area contributed by atoms with Gasteiger partial charge in [-0.15, -0.1) is 0 Å². The molecule has 0 aliphatic rings. The van der Waals surface area contributed by atoms with Crippen LogP contribution < -0.4 is 10.4 Å². The number of rotatable bonds is 4. The molecular weight excluding hydrogens is 292 g/mol. The molecule has 0 saturated carbocycles. The Morgan fingerprint density at radius 1 is 0.500 bits per heavy atom. The minimum absolute atomic E-state index is 1.06. The standard InChI is InChI=1S/C22H18N2/c1-3-11-21(12-4-1)24(22-13-5-2-6-14-22)23-20-16-15-18-9-7-8-10-19(18)17-20/h1-17,23H. The van der Waals surface area contributed by atoms with Gasteiger partial charge in [-0.2, -0.15) is 0 Å². The molecule has 0 amide bonds. The first-order valence-corrected chi connectivity index (χ1v) is 8.06. The van der Waals surface area contributed by atoms with Crippen molar-refractivity contribution in [1.29, 1.82) is 0 Å². The summed E-state index contributed by atoms with van der Waals surface area (Å²) in [5, 5.41) is 4.57. The highest BCUT2D eigenvalue weighted by Crippen LogP contribution is 2.27. The molecule has 0 aliphatic heterocycles. The van der Waals surface area contributed by atoms with Crippen LogP contribution in [0.4, 0.5) is 17.1 Å². The third-order valence-electron chi connectivity index (χ3n) is 4.02. The molecule has 0 atom stereocenters. The lowest BCUT2D eigenvalue weighted by Crippen LogP contribution is -2.24. The lowest BCUT2D eigenvalue weighted by Gasteiger charge is -2.26. The van der Waals surface area contributed by atoms with Crippen molar-refractivity contribution in [2.75, 3.05) is 10.4 Å². The third kappa shape index (κ3) is 2.95. The van der Waals surface area contributed by atoms with Gasteiger partial charge in [0.25, 0.3) is 0 Å². The van der Waals surface area contributed by atoms with Gasteiger partial charge in [-0.3, -0.25) is 10.4 Å². The minimum atomic E-state index is 1.06. The van der Waals surface area contributed by atoms with Gasteiger partial charge in [-0.05, 0) is 47.2 Å². The Bertz CT molecular complexity index is 894. The molecule has 0 bridgehead atoms. The van der Waals surface area contributed by atoms with Crippen molar-refractivity contribution in [1.82, 2.24) is 0 Å². The lowest BCUT2D eigenvalue weighted by atomic mass is 10.1. The van der Waals surface area contributed by atoms with Crippen molar-refractivity contribution in [2.45, 2.75) is 0 Å². The van der Waals surface area contributed by atoms with E-state index in [-0.39, 0.29) is 0 Å². The summed E-state index contributed by atoms with van der Waals surface area (Å²) < 4.78 is 0. The summed E-state index contributed by atoms with van der Waals surface area (Å²) in [4.78, 5) is 0. The van der Waals surface area contributed by atoms with Gasteiger partial charge in [0.1, 0.15) is 0 Å². The zero-order valence-corrected chi connectivity index (χ0v) is 13.3. The molecule has 24 heavy (non-hydrogen) atoms. The van der Waals surface area contributed by atoms with Crippen LogP contribution in [0.15, 0.2) is 103 Å². The number of anilines is 3. The molecule has 4 aromatic rings.